The van der Waals surface area contributed by atoms with Crippen LogP contribution in [-0.4, -0.2) is 34.4 Å². The highest BCUT2D eigenvalue weighted by Gasteiger charge is 2.12. The van der Waals surface area contributed by atoms with Crippen LogP contribution in [0.5, 0.6) is 11.5 Å². The second-order valence-electron chi connectivity index (χ2n) is 6.44. The molecule has 2 heterocycles. The van der Waals surface area contributed by atoms with Crippen LogP contribution in [0.1, 0.15) is 11.1 Å². The van der Waals surface area contributed by atoms with E-state index in [0.29, 0.717) is 29.6 Å². The minimum absolute atomic E-state index is 0.531. The molecule has 2 aromatic carbocycles. The zero-order valence-electron chi connectivity index (χ0n) is 16.0. The summed E-state index contributed by atoms with van der Waals surface area (Å²) in [5.41, 5.74) is 4.78. The number of aryl methyl sites for hydroxylation is 1. The molecule has 0 unspecified atom stereocenters. The van der Waals surface area contributed by atoms with E-state index >= 15 is 0 Å². The van der Waals surface area contributed by atoms with E-state index in [1.165, 1.54) is 5.56 Å². The number of methoxy groups -OCH3 is 2. The third-order valence-corrected chi connectivity index (χ3v) is 4.50. The van der Waals surface area contributed by atoms with Gasteiger partial charge in [-0.2, -0.15) is 10.1 Å². The molecular weight excluding hydrogens is 354 g/mol. The number of ether oxygens (including phenoxy) is 2. The summed E-state index contributed by atoms with van der Waals surface area (Å²) < 4.78 is 10.7. The lowest BCUT2D eigenvalue weighted by Gasteiger charge is -2.11. The Hall–Kier alpha value is -3.61. The second-order valence-corrected chi connectivity index (χ2v) is 6.44. The Morgan fingerprint density at radius 1 is 1.00 bits per heavy atom. The van der Waals surface area contributed by atoms with Crippen molar-refractivity contribution in [1.82, 2.24) is 20.2 Å². The molecule has 4 rings (SSSR count). The van der Waals surface area contributed by atoms with Crippen molar-refractivity contribution in [2.24, 2.45) is 0 Å². The molecule has 2 N–H and O–H groups in total. The zero-order chi connectivity index (χ0) is 19.5. The number of H-pyrrole nitrogens is 1. The van der Waals surface area contributed by atoms with Crippen LogP contribution in [0.2, 0.25) is 0 Å². The fourth-order valence-electron chi connectivity index (χ4n) is 3.10. The van der Waals surface area contributed by atoms with Crippen LogP contribution in [0.25, 0.3) is 22.3 Å². The number of rotatable bonds is 6. The van der Waals surface area contributed by atoms with Gasteiger partial charge in [0.1, 0.15) is 0 Å². The van der Waals surface area contributed by atoms with Crippen molar-refractivity contribution >= 4 is 17.0 Å². The summed E-state index contributed by atoms with van der Waals surface area (Å²) in [7, 11) is 3.24. The van der Waals surface area contributed by atoms with Crippen molar-refractivity contribution in [2.45, 2.75) is 13.5 Å². The summed E-state index contributed by atoms with van der Waals surface area (Å²) >= 11 is 0. The van der Waals surface area contributed by atoms with Crippen LogP contribution in [0.4, 0.5) is 5.95 Å². The fourth-order valence-corrected chi connectivity index (χ4v) is 3.10. The summed E-state index contributed by atoms with van der Waals surface area (Å²) in [5.74, 6) is 1.92. The van der Waals surface area contributed by atoms with Gasteiger partial charge in [0, 0.05) is 12.1 Å². The topological polar surface area (TPSA) is 85.0 Å². The van der Waals surface area contributed by atoms with E-state index in [0.717, 1.165) is 22.2 Å². The molecule has 0 amide bonds. The lowest BCUT2D eigenvalue weighted by molar-refractivity contribution is 0.354. The largest absolute Gasteiger partial charge is 0.493 e. The van der Waals surface area contributed by atoms with Gasteiger partial charge < -0.3 is 14.8 Å². The van der Waals surface area contributed by atoms with Gasteiger partial charge in [-0.05, 0) is 30.7 Å². The summed E-state index contributed by atoms with van der Waals surface area (Å²) in [6.45, 7) is 2.61. The molecule has 0 spiro atoms. The number of fused-ring (bicyclic) bond motifs is 1. The molecule has 0 saturated heterocycles. The molecule has 0 aliphatic carbocycles. The van der Waals surface area contributed by atoms with Gasteiger partial charge >= 0.3 is 0 Å². The zero-order valence-corrected chi connectivity index (χ0v) is 16.0. The number of anilines is 1. The minimum atomic E-state index is 0.531. The van der Waals surface area contributed by atoms with Crippen LogP contribution in [-0.2, 0) is 6.54 Å². The van der Waals surface area contributed by atoms with Crippen molar-refractivity contribution < 1.29 is 9.47 Å². The molecule has 0 fully saturated rings. The quantitative estimate of drug-likeness (QED) is 0.531. The first-order valence-electron chi connectivity index (χ1n) is 8.91. The van der Waals surface area contributed by atoms with E-state index in [9.17, 15) is 0 Å². The molecule has 0 aliphatic rings. The summed E-state index contributed by atoms with van der Waals surface area (Å²) in [4.78, 5) is 9.28. The standard InChI is InChI=1S/C21H21N5O2/c1-13-5-4-6-15(9-13)19-16-12-23-26-20(16)25-21(24-19)22-11-14-7-8-17(27-2)18(10-14)28-3/h4-10,12H,11H2,1-3H3,(H2,22,23,24,25,26). The molecule has 4 aromatic rings. The molecule has 2 aromatic heterocycles. The van der Waals surface area contributed by atoms with Gasteiger partial charge in [-0.15, -0.1) is 0 Å². The van der Waals surface area contributed by atoms with Gasteiger partial charge in [-0.25, -0.2) is 4.98 Å². The lowest BCUT2D eigenvalue weighted by atomic mass is 10.1. The van der Waals surface area contributed by atoms with E-state index in [1.54, 1.807) is 20.4 Å². The summed E-state index contributed by atoms with van der Waals surface area (Å²) in [6.07, 6.45) is 1.76. The number of nitrogens with one attached hydrogen (secondary N) is 2. The van der Waals surface area contributed by atoms with Crippen molar-refractivity contribution in [3.63, 3.8) is 0 Å². The molecule has 0 aliphatic heterocycles. The summed E-state index contributed by atoms with van der Waals surface area (Å²) in [6, 6.07) is 14.0. The number of aromatic nitrogens is 4. The average molecular weight is 375 g/mol. The smallest absolute Gasteiger partial charge is 0.225 e. The second kappa shape index (κ2) is 7.56. The molecule has 28 heavy (non-hydrogen) atoms. The maximum absolute atomic E-state index is 5.37. The Labute approximate surface area is 162 Å². The van der Waals surface area contributed by atoms with Crippen molar-refractivity contribution in [1.29, 1.82) is 0 Å². The Bertz CT molecular complexity index is 1120. The molecule has 0 radical (unpaired) electrons. The maximum atomic E-state index is 5.37. The van der Waals surface area contributed by atoms with E-state index in [4.69, 9.17) is 14.5 Å². The van der Waals surface area contributed by atoms with Crippen LogP contribution in [0, 0.1) is 6.92 Å². The molecule has 0 saturated carbocycles. The van der Waals surface area contributed by atoms with Gasteiger partial charge in [0.05, 0.1) is 31.5 Å². The number of aromatic amines is 1. The molecule has 7 heteroatoms. The first-order chi connectivity index (χ1) is 13.7. The van der Waals surface area contributed by atoms with Crippen LogP contribution in [0.3, 0.4) is 0 Å². The molecule has 142 valence electrons. The molecule has 0 atom stereocenters. The Morgan fingerprint density at radius 3 is 2.64 bits per heavy atom. The predicted octanol–water partition coefficient (Wildman–Crippen LogP) is 3.96. The fraction of sp³-hybridized carbons (Fsp3) is 0.190. The number of hydrogen-bond acceptors (Lipinski definition) is 6. The third-order valence-electron chi connectivity index (χ3n) is 4.50. The van der Waals surface area contributed by atoms with Crippen LogP contribution in [0.15, 0.2) is 48.7 Å². The van der Waals surface area contributed by atoms with Gasteiger partial charge in [0.15, 0.2) is 17.1 Å². The monoisotopic (exact) mass is 375 g/mol. The first kappa shape index (κ1) is 17.8. The lowest BCUT2D eigenvalue weighted by Crippen LogP contribution is -2.05. The minimum Gasteiger partial charge on any atom is -0.493 e. The highest BCUT2D eigenvalue weighted by molar-refractivity contribution is 5.90. The average Bonchev–Trinajstić information content (AvgIpc) is 3.20. The number of hydrogen-bond donors (Lipinski definition) is 2. The normalized spacial score (nSPS) is 10.8. The predicted molar refractivity (Wildman–Crippen MR) is 109 cm³/mol. The van der Waals surface area contributed by atoms with E-state index < -0.39 is 0 Å². The Kier molecular flexibility index (Phi) is 4.80. The number of benzene rings is 2. The molecular formula is C21H21N5O2. The first-order valence-corrected chi connectivity index (χ1v) is 8.91. The van der Waals surface area contributed by atoms with Crippen molar-refractivity contribution in [3.8, 4) is 22.8 Å². The SMILES string of the molecule is COc1ccc(CNc2nc(-c3cccc(C)c3)c3cn[nH]c3n2)cc1OC. The summed E-state index contributed by atoms with van der Waals surface area (Å²) in [5, 5.41) is 11.2. The third kappa shape index (κ3) is 3.46. The number of nitrogens with zero attached hydrogens (tertiary/aromatic N) is 3. The maximum Gasteiger partial charge on any atom is 0.225 e. The van der Waals surface area contributed by atoms with Gasteiger partial charge in [0.2, 0.25) is 5.95 Å². The van der Waals surface area contributed by atoms with Gasteiger partial charge in [0.25, 0.3) is 0 Å². The van der Waals surface area contributed by atoms with Gasteiger partial charge in [-0.1, -0.05) is 29.8 Å². The van der Waals surface area contributed by atoms with E-state index in [2.05, 4.69) is 39.6 Å². The van der Waals surface area contributed by atoms with Crippen LogP contribution < -0.4 is 14.8 Å². The van der Waals surface area contributed by atoms with Gasteiger partial charge in [-0.3, -0.25) is 5.10 Å². The van der Waals surface area contributed by atoms with Crippen molar-refractivity contribution in [2.75, 3.05) is 19.5 Å². The Morgan fingerprint density at radius 2 is 1.86 bits per heavy atom. The van der Waals surface area contributed by atoms with Crippen molar-refractivity contribution in [3.05, 3.63) is 59.8 Å². The Balaban J connectivity index is 1.65. The highest BCUT2D eigenvalue weighted by Crippen LogP contribution is 2.29. The molecule has 0 bridgehead atoms. The highest BCUT2D eigenvalue weighted by atomic mass is 16.5. The van der Waals surface area contributed by atoms with E-state index in [1.807, 2.05) is 30.3 Å². The van der Waals surface area contributed by atoms with E-state index in [-0.39, 0.29) is 0 Å². The van der Waals surface area contributed by atoms with Crippen LogP contribution >= 0.6 is 0 Å². The molecule has 7 nitrogen and oxygen atoms in total.